The first-order valence-corrected chi connectivity index (χ1v) is 8.59. The van der Waals surface area contributed by atoms with Crippen LogP contribution in [0.1, 0.15) is 5.56 Å². The lowest BCUT2D eigenvalue weighted by Crippen LogP contribution is -2.22. The molecular formula is C17H18NO3P. The Kier molecular flexibility index (Phi) is 4.09. The van der Waals surface area contributed by atoms with Crippen molar-refractivity contribution in [3.8, 4) is 5.75 Å². The van der Waals surface area contributed by atoms with Gasteiger partial charge in [0.25, 0.3) is 0 Å². The summed E-state index contributed by atoms with van der Waals surface area (Å²) >= 11 is 0. The van der Waals surface area contributed by atoms with E-state index in [0.717, 1.165) is 25.4 Å². The van der Waals surface area contributed by atoms with Crippen LogP contribution in [0.3, 0.4) is 0 Å². The summed E-state index contributed by atoms with van der Waals surface area (Å²) < 4.78 is 17.6. The molecule has 0 unspecified atom stereocenters. The van der Waals surface area contributed by atoms with Gasteiger partial charge in [0, 0.05) is 19.6 Å². The van der Waals surface area contributed by atoms with Crippen molar-refractivity contribution in [2.24, 2.45) is 0 Å². The second kappa shape index (κ2) is 6.35. The van der Waals surface area contributed by atoms with Crippen LogP contribution in [0.15, 0.2) is 60.7 Å². The lowest BCUT2D eigenvalue weighted by molar-refractivity contribution is 0.205. The van der Waals surface area contributed by atoms with Crippen molar-refractivity contribution in [2.75, 3.05) is 13.1 Å². The molecule has 0 bridgehead atoms. The van der Waals surface area contributed by atoms with E-state index >= 15 is 0 Å². The van der Waals surface area contributed by atoms with Gasteiger partial charge in [0.15, 0.2) is 0 Å². The summed E-state index contributed by atoms with van der Waals surface area (Å²) in [4.78, 5) is 2.37. The third-order valence-corrected chi connectivity index (χ3v) is 5.15. The van der Waals surface area contributed by atoms with Crippen LogP contribution in [0.4, 0.5) is 0 Å². The Morgan fingerprint density at radius 2 is 1.50 bits per heavy atom. The molecule has 2 aliphatic heterocycles. The fourth-order valence-corrected chi connectivity index (χ4v) is 4.12. The van der Waals surface area contributed by atoms with Crippen molar-refractivity contribution in [1.29, 1.82) is 0 Å². The van der Waals surface area contributed by atoms with Gasteiger partial charge in [0.2, 0.25) is 0 Å². The molecule has 2 aliphatic rings. The second-order valence-electron chi connectivity index (χ2n) is 5.60. The summed E-state index contributed by atoms with van der Waals surface area (Å²) in [7, 11) is -1.26. The van der Waals surface area contributed by atoms with Gasteiger partial charge in [-0.2, -0.15) is 0 Å². The number of nitrogens with zero attached hydrogens (tertiary/aromatic N) is 1. The summed E-state index contributed by atoms with van der Waals surface area (Å²) in [6.07, 6.45) is 0.247. The Balaban J connectivity index is 1.31. The molecule has 0 aliphatic carbocycles. The van der Waals surface area contributed by atoms with Crippen LogP contribution in [0, 0.1) is 0 Å². The molecule has 0 aromatic heterocycles. The molecule has 2 atom stereocenters. The Morgan fingerprint density at radius 3 is 2.14 bits per heavy atom. The highest BCUT2D eigenvalue weighted by atomic mass is 31.2. The van der Waals surface area contributed by atoms with Gasteiger partial charge in [-0.25, -0.2) is 0 Å². The number of hydrogen-bond acceptors (Lipinski definition) is 4. The lowest BCUT2D eigenvalue weighted by Gasteiger charge is -2.18. The summed E-state index contributed by atoms with van der Waals surface area (Å²) in [6.45, 7) is 2.74. The van der Waals surface area contributed by atoms with E-state index in [9.17, 15) is 0 Å². The molecule has 4 rings (SSSR count). The summed E-state index contributed by atoms with van der Waals surface area (Å²) in [5.74, 6) is 0.801. The van der Waals surface area contributed by atoms with E-state index in [1.165, 1.54) is 5.56 Å². The van der Waals surface area contributed by atoms with Gasteiger partial charge in [0.05, 0.1) is 0 Å². The number of likely N-dealkylation sites (tertiary alicyclic amines) is 1. The maximum absolute atomic E-state index is 5.94. The summed E-state index contributed by atoms with van der Waals surface area (Å²) in [5.41, 5.74) is 1.32. The number of benzene rings is 2. The molecule has 0 radical (unpaired) electrons. The van der Waals surface area contributed by atoms with E-state index in [2.05, 4.69) is 29.2 Å². The smallest absolute Gasteiger partial charge is 0.398 e. The molecule has 114 valence electrons. The van der Waals surface area contributed by atoms with E-state index in [4.69, 9.17) is 13.6 Å². The molecule has 2 heterocycles. The average Bonchev–Trinajstić information content (AvgIpc) is 3.07. The van der Waals surface area contributed by atoms with Gasteiger partial charge in [0.1, 0.15) is 18.0 Å². The van der Waals surface area contributed by atoms with E-state index in [0.29, 0.717) is 0 Å². The van der Waals surface area contributed by atoms with Gasteiger partial charge in [-0.3, -0.25) is 13.9 Å². The average molecular weight is 315 g/mol. The fourth-order valence-electron chi connectivity index (χ4n) is 2.85. The predicted octanol–water partition coefficient (Wildman–Crippen LogP) is 3.59. The zero-order valence-corrected chi connectivity index (χ0v) is 13.1. The third-order valence-electron chi connectivity index (χ3n) is 3.91. The Bertz CT molecular complexity index is 542. The van der Waals surface area contributed by atoms with Crippen molar-refractivity contribution < 1.29 is 13.6 Å². The molecule has 22 heavy (non-hydrogen) atoms. The van der Waals surface area contributed by atoms with Crippen molar-refractivity contribution in [3.63, 3.8) is 0 Å². The van der Waals surface area contributed by atoms with E-state index in [1.54, 1.807) is 0 Å². The van der Waals surface area contributed by atoms with Crippen LogP contribution in [-0.2, 0) is 15.6 Å². The second-order valence-corrected chi connectivity index (χ2v) is 6.65. The first kappa shape index (κ1) is 14.2. The molecule has 0 spiro atoms. The molecular weight excluding hydrogens is 297 g/mol. The van der Waals surface area contributed by atoms with Crippen LogP contribution in [0.25, 0.3) is 0 Å². The topological polar surface area (TPSA) is 30.9 Å². The van der Waals surface area contributed by atoms with Gasteiger partial charge in [-0.15, -0.1) is 0 Å². The fraction of sp³-hybridized carbons (Fsp3) is 0.294. The normalized spacial score (nSPS) is 25.3. The molecule has 2 fully saturated rings. The lowest BCUT2D eigenvalue weighted by atomic mass is 10.2. The molecule has 5 heteroatoms. The van der Waals surface area contributed by atoms with Crippen LogP contribution in [0.2, 0.25) is 0 Å². The first-order chi connectivity index (χ1) is 10.9. The maximum atomic E-state index is 5.94. The number of rotatable bonds is 4. The molecule has 2 saturated heterocycles. The number of hydrogen-bond donors (Lipinski definition) is 0. The Labute approximate surface area is 131 Å². The molecule has 0 N–H and O–H groups in total. The highest BCUT2D eigenvalue weighted by Crippen LogP contribution is 2.51. The van der Waals surface area contributed by atoms with E-state index in [-0.39, 0.29) is 12.2 Å². The van der Waals surface area contributed by atoms with Gasteiger partial charge in [-0.05, 0) is 17.7 Å². The van der Waals surface area contributed by atoms with Crippen molar-refractivity contribution in [1.82, 2.24) is 4.90 Å². The molecule has 2 aromatic carbocycles. The van der Waals surface area contributed by atoms with E-state index in [1.807, 2.05) is 36.4 Å². The van der Waals surface area contributed by atoms with Gasteiger partial charge < -0.3 is 4.52 Å². The zero-order chi connectivity index (χ0) is 14.8. The number of para-hydroxylation sites is 1. The first-order valence-electron chi connectivity index (χ1n) is 7.50. The molecule has 2 aromatic rings. The summed E-state index contributed by atoms with van der Waals surface area (Å²) in [6, 6.07) is 20.2. The van der Waals surface area contributed by atoms with Crippen LogP contribution in [0.5, 0.6) is 5.75 Å². The van der Waals surface area contributed by atoms with Gasteiger partial charge in [-0.1, -0.05) is 48.5 Å². The van der Waals surface area contributed by atoms with Crippen LogP contribution < -0.4 is 4.52 Å². The molecule has 0 amide bonds. The largest absolute Gasteiger partial charge is 0.427 e. The standard InChI is InChI=1S/C17H18NO3P/c1-3-7-14(8-4-1)11-18-12-16-17(13-18)21-22(20-16)19-15-9-5-2-6-10-15/h1-10,16-17H,11-13H2/t16-,17-/m1/s1. The Morgan fingerprint density at radius 1 is 0.909 bits per heavy atom. The molecule has 4 nitrogen and oxygen atoms in total. The maximum Gasteiger partial charge on any atom is 0.398 e. The minimum absolute atomic E-state index is 0.124. The Hall–Kier alpha value is -1.45. The van der Waals surface area contributed by atoms with E-state index < -0.39 is 8.60 Å². The monoisotopic (exact) mass is 315 g/mol. The van der Waals surface area contributed by atoms with Gasteiger partial charge >= 0.3 is 8.60 Å². The number of fused-ring (bicyclic) bond motifs is 1. The third kappa shape index (κ3) is 3.16. The van der Waals surface area contributed by atoms with Crippen LogP contribution >= 0.6 is 8.60 Å². The zero-order valence-electron chi connectivity index (χ0n) is 12.2. The van der Waals surface area contributed by atoms with Crippen molar-refractivity contribution in [3.05, 3.63) is 66.2 Å². The van der Waals surface area contributed by atoms with Crippen molar-refractivity contribution >= 4 is 8.60 Å². The quantitative estimate of drug-likeness (QED) is 0.807. The SMILES string of the molecule is c1ccc(CN2C[C@H]3OP(Oc4ccccc4)O[C@@H]3C2)cc1. The van der Waals surface area contributed by atoms with Crippen molar-refractivity contribution in [2.45, 2.75) is 18.8 Å². The highest BCUT2D eigenvalue weighted by Gasteiger charge is 2.45. The molecule has 0 saturated carbocycles. The summed E-state index contributed by atoms with van der Waals surface area (Å²) in [5, 5.41) is 0. The minimum Gasteiger partial charge on any atom is -0.427 e. The minimum atomic E-state index is -1.26. The van der Waals surface area contributed by atoms with Crippen LogP contribution in [-0.4, -0.2) is 30.2 Å². The highest BCUT2D eigenvalue weighted by molar-refractivity contribution is 7.42. The predicted molar refractivity (Wildman–Crippen MR) is 85.5 cm³/mol.